The molecule has 1 rings (SSSR count). The summed E-state index contributed by atoms with van der Waals surface area (Å²) >= 11 is 5.92. The number of benzene rings is 1. The number of ether oxygens (including phenoxy) is 1. The third-order valence-electron chi connectivity index (χ3n) is 2.37. The van der Waals surface area contributed by atoms with E-state index in [0.29, 0.717) is 11.3 Å². The summed E-state index contributed by atoms with van der Waals surface area (Å²) in [5, 5.41) is 2.87. The number of methoxy groups -OCH3 is 1. The second-order valence-electron chi connectivity index (χ2n) is 3.55. The monoisotopic (exact) mass is 267 g/mol. The van der Waals surface area contributed by atoms with Gasteiger partial charge in [-0.25, -0.2) is 0 Å². The van der Waals surface area contributed by atoms with Crippen molar-refractivity contribution in [2.24, 2.45) is 0 Å². The van der Waals surface area contributed by atoms with Crippen molar-refractivity contribution in [3.05, 3.63) is 28.8 Å². The highest BCUT2D eigenvalue weighted by atomic mass is 35.5. The summed E-state index contributed by atoms with van der Waals surface area (Å²) in [4.78, 5) is 0. The predicted molar refractivity (Wildman–Crippen MR) is 60.5 cm³/mol. The van der Waals surface area contributed by atoms with Crippen LogP contribution < -0.4 is 10.1 Å². The average molecular weight is 268 g/mol. The lowest BCUT2D eigenvalue weighted by molar-refractivity contribution is -0.140. The highest BCUT2D eigenvalue weighted by molar-refractivity contribution is 6.31. The van der Waals surface area contributed by atoms with Crippen LogP contribution in [0.25, 0.3) is 0 Å². The van der Waals surface area contributed by atoms with Gasteiger partial charge in [-0.2, -0.15) is 13.2 Å². The van der Waals surface area contributed by atoms with Crippen LogP contribution in [0, 0.1) is 0 Å². The fourth-order valence-electron chi connectivity index (χ4n) is 1.52. The number of hydrogen-bond donors (Lipinski definition) is 1. The molecule has 1 aromatic rings. The first-order valence-electron chi connectivity index (χ1n) is 4.95. The summed E-state index contributed by atoms with van der Waals surface area (Å²) in [5.74, 6) is 0.514. The maximum Gasteiger partial charge on any atom is 0.390 e. The zero-order valence-electron chi connectivity index (χ0n) is 9.44. The molecule has 1 aromatic carbocycles. The lowest BCUT2D eigenvalue weighted by atomic mass is 10.0. The van der Waals surface area contributed by atoms with Gasteiger partial charge in [-0.3, -0.25) is 0 Å². The minimum absolute atomic E-state index is 0.257. The van der Waals surface area contributed by atoms with E-state index >= 15 is 0 Å². The Morgan fingerprint density at radius 3 is 2.47 bits per heavy atom. The van der Waals surface area contributed by atoms with Crippen molar-refractivity contribution < 1.29 is 17.9 Å². The Kier molecular flexibility index (Phi) is 4.65. The van der Waals surface area contributed by atoms with Crippen molar-refractivity contribution >= 4 is 11.6 Å². The van der Waals surface area contributed by atoms with E-state index < -0.39 is 18.6 Å². The van der Waals surface area contributed by atoms with Gasteiger partial charge in [-0.1, -0.05) is 17.7 Å². The largest absolute Gasteiger partial charge is 0.497 e. The second-order valence-corrected chi connectivity index (χ2v) is 3.96. The van der Waals surface area contributed by atoms with Crippen LogP contribution in [0.1, 0.15) is 18.0 Å². The fourth-order valence-corrected chi connectivity index (χ4v) is 1.82. The molecule has 0 heterocycles. The summed E-state index contributed by atoms with van der Waals surface area (Å²) < 4.78 is 42.0. The average Bonchev–Trinajstić information content (AvgIpc) is 2.24. The van der Waals surface area contributed by atoms with E-state index in [2.05, 4.69) is 5.32 Å². The standard InChI is InChI=1S/C11H13ClF3NO/c1-16-10(6-11(13,14)15)8-4-3-7(17-2)5-9(8)12/h3-5,10,16H,6H2,1-2H3. The van der Waals surface area contributed by atoms with Crippen LogP contribution in [-0.4, -0.2) is 20.3 Å². The first-order chi connectivity index (χ1) is 7.87. The molecule has 6 heteroatoms. The molecule has 96 valence electrons. The molecule has 0 amide bonds. The molecule has 2 nitrogen and oxygen atoms in total. The molecular weight excluding hydrogens is 255 g/mol. The Morgan fingerprint density at radius 2 is 2.06 bits per heavy atom. The molecule has 0 aliphatic heterocycles. The Hall–Kier alpha value is -0.940. The lowest BCUT2D eigenvalue weighted by Gasteiger charge is -2.20. The van der Waals surface area contributed by atoms with E-state index in [4.69, 9.17) is 16.3 Å². The van der Waals surface area contributed by atoms with E-state index in [-0.39, 0.29) is 5.02 Å². The molecule has 0 bridgehead atoms. The topological polar surface area (TPSA) is 21.3 Å². The number of halogens is 4. The van der Waals surface area contributed by atoms with Crippen molar-refractivity contribution in [3.63, 3.8) is 0 Å². The smallest absolute Gasteiger partial charge is 0.390 e. The van der Waals surface area contributed by atoms with Crippen LogP contribution in [-0.2, 0) is 0 Å². The normalized spacial score (nSPS) is 13.5. The van der Waals surface area contributed by atoms with E-state index in [1.54, 1.807) is 6.07 Å². The number of hydrogen-bond acceptors (Lipinski definition) is 2. The molecule has 0 radical (unpaired) electrons. The third kappa shape index (κ3) is 4.09. The molecule has 0 aromatic heterocycles. The Bertz CT molecular complexity index is 381. The van der Waals surface area contributed by atoms with Gasteiger partial charge in [-0.05, 0) is 24.7 Å². The molecule has 0 spiro atoms. The van der Waals surface area contributed by atoms with Crippen LogP contribution in [0.5, 0.6) is 5.75 Å². The van der Waals surface area contributed by atoms with Gasteiger partial charge >= 0.3 is 6.18 Å². The molecule has 1 N–H and O–H groups in total. The van der Waals surface area contributed by atoms with E-state index in [1.165, 1.54) is 26.3 Å². The van der Waals surface area contributed by atoms with E-state index in [9.17, 15) is 13.2 Å². The van der Waals surface area contributed by atoms with Gasteiger partial charge < -0.3 is 10.1 Å². The molecule has 0 aliphatic rings. The molecule has 1 unspecified atom stereocenters. The maximum atomic E-state index is 12.3. The molecule has 17 heavy (non-hydrogen) atoms. The zero-order chi connectivity index (χ0) is 13.1. The van der Waals surface area contributed by atoms with Crippen LogP contribution in [0.15, 0.2) is 18.2 Å². The lowest BCUT2D eigenvalue weighted by Crippen LogP contribution is -2.23. The van der Waals surface area contributed by atoms with Crippen molar-refractivity contribution in [3.8, 4) is 5.75 Å². The van der Waals surface area contributed by atoms with Gasteiger partial charge in [0.15, 0.2) is 0 Å². The second kappa shape index (κ2) is 5.60. The van der Waals surface area contributed by atoms with Crippen molar-refractivity contribution in [2.45, 2.75) is 18.6 Å². The summed E-state index contributed by atoms with van der Waals surface area (Å²) in [6.45, 7) is 0. The summed E-state index contributed by atoms with van der Waals surface area (Å²) in [6, 6.07) is 3.77. The SMILES string of the molecule is CNC(CC(F)(F)F)c1ccc(OC)cc1Cl. The summed E-state index contributed by atoms with van der Waals surface area (Å²) in [5.41, 5.74) is 0.410. The number of alkyl halides is 3. The van der Waals surface area contributed by atoms with Crippen molar-refractivity contribution in [2.75, 3.05) is 14.2 Å². The van der Waals surface area contributed by atoms with Gasteiger partial charge in [0.25, 0.3) is 0 Å². The van der Waals surface area contributed by atoms with Gasteiger partial charge in [-0.15, -0.1) is 0 Å². The van der Waals surface area contributed by atoms with Crippen LogP contribution in [0.4, 0.5) is 13.2 Å². The maximum absolute atomic E-state index is 12.3. The third-order valence-corrected chi connectivity index (χ3v) is 2.69. The number of rotatable bonds is 4. The van der Waals surface area contributed by atoms with Crippen LogP contribution in [0.2, 0.25) is 5.02 Å². The Morgan fingerprint density at radius 1 is 1.41 bits per heavy atom. The minimum Gasteiger partial charge on any atom is -0.497 e. The van der Waals surface area contributed by atoms with Crippen molar-refractivity contribution in [1.29, 1.82) is 0 Å². The summed E-state index contributed by atoms with van der Waals surface area (Å²) in [7, 11) is 2.94. The van der Waals surface area contributed by atoms with Crippen LogP contribution >= 0.6 is 11.6 Å². The Labute approximate surface area is 103 Å². The van der Waals surface area contributed by atoms with Gasteiger partial charge in [0.05, 0.1) is 13.5 Å². The Balaban J connectivity index is 2.96. The molecule has 0 fully saturated rings. The fraction of sp³-hybridized carbons (Fsp3) is 0.455. The van der Waals surface area contributed by atoms with Crippen molar-refractivity contribution in [1.82, 2.24) is 5.32 Å². The highest BCUT2D eigenvalue weighted by Crippen LogP contribution is 2.34. The molecular formula is C11H13ClF3NO. The highest BCUT2D eigenvalue weighted by Gasteiger charge is 2.32. The van der Waals surface area contributed by atoms with Crippen LogP contribution in [0.3, 0.4) is 0 Å². The molecule has 0 aliphatic carbocycles. The quantitative estimate of drug-likeness (QED) is 0.901. The van der Waals surface area contributed by atoms with E-state index in [1.807, 2.05) is 0 Å². The zero-order valence-corrected chi connectivity index (χ0v) is 10.2. The van der Waals surface area contributed by atoms with Gasteiger partial charge in [0.2, 0.25) is 0 Å². The summed E-state index contributed by atoms with van der Waals surface area (Å²) in [6.07, 6.45) is -5.20. The predicted octanol–water partition coefficient (Wildman–Crippen LogP) is 3.56. The van der Waals surface area contributed by atoms with E-state index in [0.717, 1.165) is 0 Å². The minimum atomic E-state index is -4.24. The molecule has 0 saturated heterocycles. The van der Waals surface area contributed by atoms with Gasteiger partial charge in [0.1, 0.15) is 5.75 Å². The molecule has 1 atom stereocenters. The number of nitrogens with one attached hydrogen (secondary N) is 1. The van der Waals surface area contributed by atoms with Gasteiger partial charge in [0, 0.05) is 11.1 Å². The molecule has 0 saturated carbocycles. The first kappa shape index (κ1) is 14.1. The first-order valence-corrected chi connectivity index (χ1v) is 5.32.